The van der Waals surface area contributed by atoms with Crippen molar-refractivity contribution in [3.8, 4) is 11.5 Å². The molecule has 1 amide bonds. The number of hydrogen-bond donors (Lipinski definition) is 2. The first-order chi connectivity index (χ1) is 9.53. The fourth-order valence-corrected chi connectivity index (χ4v) is 1.51. The van der Waals surface area contributed by atoms with Gasteiger partial charge in [-0.3, -0.25) is 4.79 Å². The van der Waals surface area contributed by atoms with Gasteiger partial charge in [0.05, 0.1) is 31.9 Å². The smallest absolute Gasteiger partial charge is 0.340 e. The molecule has 1 rings (SSSR count). The minimum absolute atomic E-state index is 0.0215. The molecular weight excluding hydrogens is 264 g/mol. The van der Waals surface area contributed by atoms with E-state index in [9.17, 15) is 9.59 Å². The molecule has 1 aromatic rings. The molecule has 0 aromatic heterocycles. The first kappa shape index (κ1) is 15.6. The molecule has 110 valence electrons. The van der Waals surface area contributed by atoms with Gasteiger partial charge in [0.15, 0.2) is 11.5 Å². The van der Waals surface area contributed by atoms with E-state index in [1.807, 2.05) is 0 Å². The first-order valence-electron chi connectivity index (χ1n) is 5.92. The van der Waals surface area contributed by atoms with E-state index in [1.54, 1.807) is 0 Å². The molecule has 0 atom stereocenters. The second-order valence-corrected chi connectivity index (χ2v) is 3.85. The number of carbonyl (C=O) groups excluding carboxylic acids is 2. The molecule has 0 aliphatic rings. The molecule has 0 saturated heterocycles. The van der Waals surface area contributed by atoms with E-state index in [1.165, 1.54) is 33.4 Å². The molecule has 0 fully saturated rings. The van der Waals surface area contributed by atoms with Crippen LogP contribution in [-0.4, -0.2) is 39.8 Å². The van der Waals surface area contributed by atoms with E-state index in [-0.39, 0.29) is 30.2 Å². The molecule has 7 nitrogen and oxygen atoms in total. The Morgan fingerprint density at radius 1 is 1.20 bits per heavy atom. The summed E-state index contributed by atoms with van der Waals surface area (Å²) in [4.78, 5) is 22.9. The lowest BCUT2D eigenvalue weighted by Crippen LogP contribution is -2.20. The molecule has 0 saturated carbocycles. The first-order valence-corrected chi connectivity index (χ1v) is 5.92. The van der Waals surface area contributed by atoms with Crippen LogP contribution in [-0.2, 0) is 9.53 Å². The second-order valence-electron chi connectivity index (χ2n) is 3.85. The fraction of sp³-hybridized carbons (Fsp3) is 0.385. The highest BCUT2D eigenvalue weighted by Crippen LogP contribution is 2.32. The van der Waals surface area contributed by atoms with Crippen LogP contribution >= 0.6 is 0 Å². The minimum atomic E-state index is -0.618. The Morgan fingerprint density at radius 3 is 2.35 bits per heavy atom. The molecule has 0 spiro atoms. The number of methoxy groups -OCH3 is 2. The van der Waals surface area contributed by atoms with Crippen LogP contribution in [0.25, 0.3) is 0 Å². The summed E-state index contributed by atoms with van der Waals surface area (Å²) in [5.41, 5.74) is 6.15. The number of amides is 1. The van der Waals surface area contributed by atoms with Gasteiger partial charge < -0.3 is 25.3 Å². The normalized spacial score (nSPS) is 9.75. The predicted octanol–water partition coefficient (Wildman–Crippen LogP) is 0.579. The molecular formula is C13H18N2O5. The summed E-state index contributed by atoms with van der Waals surface area (Å²) in [6.07, 6.45) is 0.0927. The standard InChI is InChI=1S/C13H18N2O5/c1-15-12(16)4-5-20-13(17)8-6-10(18-2)11(19-3)7-9(8)14/h6-7H,4-5,14H2,1-3H3,(H,15,16). The summed E-state index contributed by atoms with van der Waals surface area (Å²) in [7, 11) is 4.43. The fourth-order valence-electron chi connectivity index (χ4n) is 1.51. The minimum Gasteiger partial charge on any atom is -0.493 e. The third-order valence-corrected chi connectivity index (χ3v) is 2.62. The summed E-state index contributed by atoms with van der Waals surface area (Å²) in [5, 5.41) is 2.43. The lowest BCUT2D eigenvalue weighted by molar-refractivity contribution is -0.121. The van der Waals surface area contributed by atoms with E-state index >= 15 is 0 Å². The van der Waals surface area contributed by atoms with Gasteiger partial charge in [0.2, 0.25) is 5.91 Å². The van der Waals surface area contributed by atoms with Gasteiger partial charge in [-0.05, 0) is 0 Å². The number of ether oxygens (including phenoxy) is 3. The van der Waals surface area contributed by atoms with Crippen LogP contribution in [0.1, 0.15) is 16.8 Å². The van der Waals surface area contributed by atoms with Gasteiger partial charge in [0, 0.05) is 19.2 Å². The average molecular weight is 282 g/mol. The van der Waals surface area contributed by atoms with Crippen molar-refractivity contribution >= 4 is 17.6 Å². The van der Waals surface area contributed by atoms with Gasteiger partial charge in [-0.15, -0.1) is 0 Å². The highest BCUT2D eigenvalue weighted by molar-refractivity contribution is 5.96. The van der Waals surface area contributed by atoms with Crippen molar-refractivity contribution in [3.05, 3.63) is 17.7 Å². The Labute approximate surface area is 117 Å². The number of anilines is 1. The lowest BCUT2D eigenvalue weighted by atomic mass is 10.1. The maximum absolute atomic E-state index is 11.9. The number of nitrogen functional groups attached to an aromatic ring is 1. The van der Waals surface area contributed by atoms with Crippen LogP contribution in [0, 0.1) is 0 Å². The topological polar surface area (TPSA) is 99.9 Å². The number of nitrogens with one attached hydrogen (secondary N) is 1. The van der Waals surface area contributed by atoms with Crippen LogP contribution in [0.15, 0.2) is 12.1 Å². The van der Waals surface area contributed by atoms with Crippen molar-refractivity contribution in [1.82, 2.24) is 5.32 Å². The van der Waals surface area contributed by atoms with E-state index in [0.717, 1.165) is 0 Å². The molecule has 0 radical (unpaired) electrons. The molecule has 0 bridgehead atoms. The second kappa shape index (κ2) is 7.22. The highest BCUT2D eigenvalue weighted by atomic mass is 16.5. The number of nitrogens with two attached hydrogens (primary N) is 1. The summed E-state index contributed by atoms with van der Waals surface area (Å²) < 4.78 is 15.1. The zero-order chi connectivity index (χ0) is 15.1. The van der Waals surface area contributed by atoms with Crippen molar-refractivity contribution in [3.63, 3.8) is 0 Å². The highest BCUT2D eigenvalue weighted by Gasteiger charge is 2.16. The lowest BCUT2D eigenvalue weighted by Gasteiger charge is -2.12. The Balaban J connectivity index is 2.80. The average Bonchev–Trinajstić information content (AvgIpc) is 2.46. The number of benzene rings is 1. The van der Waals surface area contributed by atoms with Gasteiger partial charge >= 0.3 is 5.97 Å². The quantitative estimate of drug-likeness (QED) is 0.585. The van der Waals surface area contributed by atoms with Crippen molar-refractivity contribution in [1.29, 1.82) is 0 Å². The Morgan fingerprint density at radius 2 is 1.80 bits per heavy atom. The van der Waals surface area contributed by atoms with Crippen LogP contribution in [0.2, 0.25) is 0 Å². The molecule has 0 aliphatic heterocycles. The van der Waals surface area contributed by atoms with Gasteiger partial charge in [0.25, 0.3) is 0 Å². The van der Waals surface area contributed by atoms with Gasteiger partial charge in [-0.25, -0.2) is 4.79 Å². The van der Waals surface area contributed by atoms with Gasteiger partial charge in [-0.1, -0.05) is 0 Å². The summed E-state index contributed by atoms with van der Waals surface area (Å²) in [6, 6.07) is 2.92. The summed E-state index contributed by atoms with van der Waals surface area (Å²) >= 11 is 0. The van der Waals surface area contributed by atoms with Gasteiger partial charge in [0.1, 0.15) is 6.61 Å². The third kappa shape index (κ3) is 3.78. The molecule has 0 heterocycles. The van der Waals surface area contributed by atoms with E-state index in [0.29, 0.717) is 11.5 Å². The van der Waals surface area contributed by atoms with Crippen LogP contribution in [0.3, 0.4) is 0 Å². The van der Waals surface area contributed by atoms with Crippen LogP contribution in [0.4, 0.5) is 5.69 Å². The SMILES string of the molecule is CNC(=O)CCOC(=O)c1cc(OC)c(OC)cc1N. The monoisotopic (exact) mass is 282 g/mol. The Bertz CT molecular complexity index is 502. The molecule has 3 N–H and O–H groups in total. The maximum Gasteiger partial charge on any atom is 0.340 e. The predicted molar refractivity (Wildman–Crippen MR) is 72.9 cm³/mol. The summed E-state index contributed by atoms with van der Waals surface area (Å²) in [5.74, 6) is -0.0303. The van der Waals surface area contributed by atoms with E-state index in [4.69, 9.17) is 19.9 Å². The zero-order valence-corrected chi connectivity index (χ0v) is 11.7. The molecule has 20 heavy (non-hydrogen) atoms. The molecule has 1 aromatic carbocycles. The third-order valence-electron chi connectivity index (χ3n) is 2.62. The molecule has 7 heteroatoms. The number of esters is 1. The number of carbonyl (C=O) groups is 2. The number of rotatable bonds is 6. The Kier molecular flexibility index (Phi) is 5.64. The van der Waals surface area contributed by atoms with Crippen LogP contribution in [0.5, 0.6) is 11.5 Å². The largest absolute Gasteiger partial charge is 0.493 e. The van der Waals surface area contributed by atoms with Crippen molar-refractivity contribution in [2.24, 2.45) is 0 Å². The van der Waals surface area contributed by atoms with Crippen LogP contribution < -0.4 is 20.5 Å². The van der Waals surface area contributed by atoms with Crippen molar-refractivity contribution in [2.75, 3.05) is 33.6 Å². The summed E-state index contributed by atoms with van der Waals surface area (Å²) in [6.45, 7) is -0.0215. The zero-order valence-electron chi connectivity index (χ0n) is 11.7. The number of hydrogen-bond acceptors (Lipinski definition) is 6. The van der Waals surface area contributed by atoms with Gasteiger partial charge in [-0.2, -0.15) is 0 Å². The Hall–Kier alpha value is -2.44. The van der Waals surface area contributed by atoms with E-state index in [2.05, 4.69) is 5.32 Å². The maximum atomic E-state index is 11.9. The van der Waals surface area contributed by atoms with E-state index < -0.39 is 5.97 Å². The van der Waals surface area contributed by atoms with Crippen molar-refractivity contribution < 1.29 is 23.8 Å². The van der Waals surface area contributed by atoms with Crippen molar-refractivity contribution in [2.45, 2.75) is 6.42 Å². The molecule has 0 unspecified atom stereocenters. The molecule has 0 aliphatic carbocycles.